The topological polar surface area (TPSA) is 132 Å². The maximum atomic E-state index is 14.4. The highest BCUT2D eigenvalue weighted by molar-refractivity contribution is 7.19. The fourth-order valence-electron chi connectivity index (χ4n) is 6.94. The second-order valence-corrected chi connectivity index (χ2v) is 13.2. The molecule has 0 radical (unpaired) electrons. The molecule has 11 heteroatoms. The summed E-state index contributed by atoms with van der Waals surface area (Å²) in [6.07, 6.45) is 2.19. The molecular weight excluding hydrogens is 570 g/mol. The van der Waals surface area contributed by atoms with Gasteiger partial charge in [0.1, 0.15) is 28.0 Å². The molecule has 0 bridgehead atoms. The van der Waals surface area contributed by atoms with Crippen molar-refractivity contribution < 1.29 is 24.5 Å². The summed E-state index contributed by atoms with van der Waals surface area (Å²) in [6.45, 7) is 10.6. The first kappa shape index (κ1) is 31.0. The molecule has 3 atom stereocenters. The molecule has 3 aromatic rings. The molecule has 5 rings (SSSR count). The number of thiophene rings is 1. The van der Waals surface area contributed by atoms with Crippen LogP contribution in [0.4, 0.5) is 0 Å². The Labute approximate surface area is 254 Å². The number of carbonyl (C=O) groups excluding carboxylic acids is 1. The van der Waals surface area contributed by atoms with Gasteiger partial charge in [-0.05, 0) is 76.8 Å². The molecule has 0 saturated heterocycles. The molecule has 2 aliphatic rings. The monoisotopic (exact) mass is 611 g/mol. The number of hydrogen-bond acceptors (Lipinski definition) is 8. The van der Waals surface area contributed by atoms with Gasteiger partial charge in [0.15, 0.2) is 0 Å². The Morgan fingerprint density at radius 3 is 2.44 bits per heavy atom. The first-order valence-electron chi connectivity index (χ1n) is 14.8. The average molecular weight is 612 g/mol. The molecule has 0 aliphatic heterocycles. The zero-order chi connectivity index (χ0) is 31.2. The van der Waals surface area contributed by atoms with Crippen molar-refractivity contribution in [1.82, 2.24) is 14.5 Å². The highest BCUT2D eigenvalue weighted by atomic mass is 32.1. The number of carbonyl (C=O) groups is 1. The van der Waals surface area contributed by atoms with Gasteiger partial charge in [-0.25, -0.2) is 9.36 Å². The number of benzene rings is 1. The number of aliphatic hydroxyl groups excluding tert-OH is 2. The molecule has 2 fully saturated rings. The van der Waals surface area contributed by atoms with Gasteiger partial charge in [0, 0.05) is 12.1 Å². The van der Waals surface area contributed by atoms with Crippen molar-refractivity contribution in [2.75, 3.05) is 13.7 Å². The number of para-hydroxylation sites is 1. The zero-order valence-electron chi connectivity index (χ0n) is 25.4. The van der Waals surface area contributed by atoms with E-state index in [9.17, 15) is 24.6 Å². The Balaban J connectivity index is 1.68. The third kappa shape index (κ3) is 5.54. The summed E-state index contributed by atoms with van der Waals surface area (Å²) in [4.78, 5) is 42.3. The normalized spacial score (nSPS) is 22.5. The lowest BCUT2D eigenvalue weighted by atomic mass is 10.0. The maximum Gasteiger partial charge on any atom is 0.333 e. The van der Waals surface area contributed by atoms with Crippen LogP contribution in [-0.2, 0) is 21.6 Å². The summed E-state index contributed by atoms with van der Waals surface area (Å²) in [7, 11) is 1.58. The molecule has 1 amide bonds. The van der Waals surface area contributed by atoms with E-state index in [0.717, 1.165) is 47.2 Å². The van der Waals surface area contributed by atoms with Crippen LogP contribution in [0, 0.1) is 18.8 Å². The second kappa shape index (κ2) is 11.9. The minimum Gasteiger partial charge on any atom is -0.507 e. The lowest BCUT2D eigenvalue weighted by molar-refractivity contribution is -0.128. The van der Waals surface area contributed by atoms with E-state index in [1.165, 1.54) is 4.57 Å². The zero-order valence-corrected chi connectivity index (χ0v) is 26.2. The van der Waals surface area contributed by atoms with Crippen molar-refractivity contribution in [3.8, 4) is 5.75 Å². The summed E-state index contributed by atoms with van der Waals surface area (Å²) in [5.41, 5.74) is -1.52. The predicted molar refractivity (Wildman–Crippen MR) is 167 cm³/mol. The van der Waals surface area contributed by atoms with Crippen LogP contribution < -0.4 is 21.3 Å². The van der Waals surface area contributed by atoms with E-state index in [-0.39, 0.29) is 29.9 Å². The molecular formula is C32H41N3O7S. The molecule has 0 spiro atoms. The molecule has 2 aromatic heterocycles. The fraction of sp³-hybridized carbons (Fsp3) is 0.531. The first-order valence-corrected chi connectivity index (χ1v) is 15.6. The van der Waals surface area contributed by atoms with E-state index >= 15 is 0 Å². The Bertz CT molecular complexity index is 1660. The molecule has 43 heavy (non-hydrogen) atoms. The van der Waals surface area contributed by atoms with Crippen molar-refractivity contribution in [3.05, 3.63) is 67.7 Å². The Morgan fingerprint density at radius 1 is 1.19 bits per heavy atom. The summed E-state index contributed by atoms with van der Waals surface area (Å²) in [5, 5.41) is 23.5. The van der Waals surface area contributed by atoms with Gasteiger partial charge in [-0.2, -0.15) is 0 Å². The van der Waals surface area contributed by atoms with Gasteiger partial charge in [-0.3, -0.25) is 14.2 Å². The van der Waals surface area contributed by atoms with Crippen LogP contribution in [0.1, 0.15) is 68.6 Å². The number of methoxy groups -OCH3 is 1. The van der Waals surface area contributed by atoms with Crippen molar-refractivity contribution >= 4 is 33.2 Å². The number of nitrogens with one attached hydrogen (secondary N) is 1. The van der Waals surface area contributed by atoms with Crippen LogP contribution in [0.2, 0.25) is 0 Å². The minimum atomic E-state index is -1.50. The van der Waals surface area contributed by atoms with Gasteiger partial charge in [0.2, 0.25) is 5.91 Å². The Kier molecular flexibility index (Phi) is 8.61. The molecule has 1 aromatic carbocycles. The molecule has 3 unspecified atom stereocenters. The van der Waals surface area contributed by atoms with E-state index in [4.69, 9.17) is 9.47 Å². The van der Waals surface area contributed by atoms with Crippen LogP contribution in [0.15, 0.2) is 40.4 Å². The van der Waals surface area contributed by atoms with Crippen molar-refractivity contribution in [2.45, 2.75) is 83.8 Å². The molecule has 2 heterocycles. The number of fused-ring (bicyclic) bond motifs is 2. The van der Waals surface area contributed by atoms with Crippen LogP contribution >= 0.6 is 11.3 Å². The van der Waals surface area contributed by atoms with Crippen LogP contribution in [-0.4, -0.2) is 51.1 Å². The summed E-state index contributed by atoms with van der Waals surface area (Å²) < 4.78 is 15.0. The summed E-state index contributed by atoms with van der Waals surface area (Å²) in [6, 6.07) is 7.49. The lowest BCUT2D eigenvalue weighted by Gasteiger charge is -2.29. The van der Waals surface area contributed by atoms with Crippen LogP contribution in [0.5, 0.6) is 5.75 Å². The number of rotatable bonds is 10. The minimum absolute atomic E-state index is 0.0349. The smallest absolute Gasteiger partial charge is 0.333 e. The second-order valence-electron chi connectivity index (χ2n) is 12.2. The van der Waals surface area contributed by atoms with E-state index in [1.54, 1.807) is 34.8 Å². The highest BCUT2D eigenvalue weighted by Crippen LogP contribution is 2.47. The SMILES string of the molecule is C=C(O)c1sc2c(c1C)c(=O)n(C(C)(C)C(=O)NCC)c(=O)n2CC(OC1CC2CC(O)CC2C1)c1ccccc1OC. The summed E-state index contributed by atoms with van der Waals surface area (Å²) >= 11 is 1.11. The Morgan fingerprint density at radius 2 is 1.84 bits per heavy atom. The lowest BCUT2D eigenvalue weighted by Crippen LogP contribution is -2.55. The van der Waals surface area contributed by atoms with E-state index < -0.39 is 28.8 Å². The van der Waals surface area contributed by atoms with E-state index in [1.807, 2.05) is 24.3 Å². The number of likely N-dealkylation sites (N-methyl/N-ethyl adjacent to an activating group) is 1. The first-order chi connectivity index (χ1) is 20.4. The van der Waals surface area contributed by atoms with Gasteiger partial charge >= 0.3 is 5.69 Å². The van der Waals surface area contributed by atoms with Gasteiger partial charge in [-0.15, -0.1) is 11.3 Å². The number of aromatic nitrogens is 2. The van der Waals surface area contributed by atoms with Gasteiger partial charge in [-0.1, -0.05) is 24.8 Å². The molecule has 232 valence electrons. The molecule has 2 aliphatic carbocycles. The number of nitrogens with zero attached hydrogens (tertiary/aromatic N) is 2. The van der Waals surface area contributed by atoms with E-state index in [2.05, 4.69) is 11.9 Å². The van der Waals surface area contributed by atoms with Gasteiger partial charge < -0.3 is 25.0 Å². The van der Waals surface area contributed by atoms with Gasteiger partial charge in [0.25, 0.3) is 5.56 Å². The third-order valence-corrected chi connectivity index (χ3v) is 10.4. The molecule has 3 N–H and O–H groups in total. The fourth-order valence-corrected chi connectivity index (χ4v) is 8.11. The van der Waals surface area contributed by atoms with Gasteiger partial charge in [0.05, 0.1) is 36.1 Å². The van der Waals surface area contributed by atoms with Crippen LogP contribution in [0.25, 0.3) is 16.0 Å². The average Bonchev–Trinajstić information content (AvgIpc) is 3.60. The number of aliphatic hydroxyl groups is 2. The van der Waals surface area contributed by atoms with Crippen molar-refractivity contribution in [2.24, 2.45) is 11.8 Å². The number of ether oxygens (including phenoxy) is 2. The molecule has 2 saturated carbocycles. The number of aryl methyl sites for hydroxylation is 1. The summed E-state index contributed by atoms with van der Waals surface area (Å²) in [5.74, 6) is 0.727. The third-order valence-electron chi connectivity index (χ3n) is 9.07. The highest BCUT2D eigenvalue weighted by Gasteiger charge is 2.43. The number of hydrogen-bond donors (Lipinski definition) is 3. The molecule has 10 nitrogen and oxygen atoms in total. The Hall–Kier alpha value is -3.41. The maximum absolute atomic E-state index is 14.4. The quantitative estimate of drug-likeness (QED) is 0.292. The van der Waals surface area contributed by atoms with E-state index in [0.29, 0.717) is 39.4 Å². The van der Waals surface area contributed by atoms with Crippen molar-refractivity contribution in [3.63, 3.8) is 0 Å². The predicted octanol–water partition coefficient (Wildman–Crippen LogP) is 4.25. The largest absolute Gasteiger partial charge is 0.507 e. The van der Waals surface area contributed by atoms with Crippen LogP contribution in [0.3, 0.4) is 0 Å². The standard InChI is InChI=1S/C32H41N3O7S/c1-7-33-30(39)32(4,5)35-28(38)26-17(2)27(18(3)36)43-29(26)34(31(35)40)16-25(23-10-8-9-11-24(23)41-6)42-22-14-19-12-21(37)13-20(19)15-22/h8-11,19-22,25,36-37H,3,7,12-16H2,1-2,4-6H3,(H,33,39). The number of amides is 1. The van der Waals surface area contributed by atoms with Crippen molar-refractivity contribution in [1.29, 1.82) is 0 Å².